The average Bonchev–Trinajstić information content (AvgIpc) is 1.51. The first kappa shape index (κ1) is 61.0. The van der Waals surface area contributed by atoms with Gasteiger partial charge in [-0.15, -0.1) is 0 Å². The Balaban J connectivity index is 0.890. The summed E-state index contributed by atoms with van der Waals surface area (Å²) in [5.41, 5.74) is 30.4. The minimum atomic E-state index is -0.621. The molecule has 2 aliphatic rings. The number of nitrogens with zero attached hydrogens (tertiary/aromatic N) is 2. The van der Waals surface area contributed by atoms with E-state index in [1.165, 1.54) is 223 Å². The van der Waals surface area contributed by atoms with Crippen LogP contribution in [0.5, 0.6) is 0 Å². The fourth-order valence-corrected chi connectivity index (χ4v) is 17.0. The van der Waals surface area contributed by atoms with E-state index >= 15 is 0 Å². The second kappa shape index (κ2) is 24.9. The van der Waals surface area contributed by atoms with E-state index in [1.807, 2.05) is 6.08 Å². The molecule has 0 spiro atoms. The first-order valence-electron chi connectivity index (χ1n) is 35.5. The molecule has 0 saturated carbocycles. The standard InChI is InChI=1S/C92H90N2/c1-9-12-14-16-18-24-54-91(55-25-19-17-15-13-10-2)82-28-22-20-26-74(82)76-61-85-77(60-84(76)91)75-27-21-23-29-83(75)92(85,70-40-34-65(35-41-70)67-38-52-88-80(58-67)78-56-62(4)30-50-86(78)93(88)72-46-32-64(11-3)33-47-72)71-42-36-66(37-43-71)68-39-53-89-81(59-68)79-57-63(5)31-51-87(79)94(89)73-48-44-69(45-49-73)90(6,7)8/h11,20-23,26-53,56-61H,3,9-10,12-19,24-25,54-55H2,1-2,4-8H3. The zero-order valence-corrected chi connectivity index (χ0v) is 56.5. The second-order valence-corrected chi connectivity index (χ2v) is 28.8. The number of fused-ring (bicyclic) bond motifs is 12. The first-order valence-corrected chi connectivity index (χ1v) is 35.5. The normalized spacial score (nSPS) is 14.7. The molecule has 1 unspecified atom stereocenters. The summed E-state index contributed by atoms with van der Waals surface area (Å²) >= 11 is 0. The molecule has 0 N–H and O–H groups in total. The lowest BCUT2D eigenvalue weighted by atomic mass is 9.66. The van der Waals surface area contributed by atoms with Crippen LogP contribution in [0, 0.1) is 13.8 Å². The molecule has 2 heterocycles. The minimum Gasteiger partial charge on any atom is -0.309 e. The van der Waals surface area contributed by atoms with Gasteiger partial charge in [-0.1, -0.05) is 281 Å². The van der Waals surface area contributed by atoms with Gasteiger partial charge in [0.15, 0.2) is 0 Å². The lowest BCUT2D eigenvalue weighted by Gasteiger charge is -2.35. The van der Waals surface area contributed by atoms with E-state index in [4.69, 9.17) is 0 Å². The Hall–Kier alpha value is -9.24. The molecule has 2 nitrogen and oxygen atoms in total. The number of unbranched alkanes of at least 4 members (excludes halogenated alkanes) is 10. The van der Waals surface area contributed by atoms with Crippen molar-refractivity contribution in [2.75, 3.05) is 0 Å². The monoisotopic (exact) mass is 1220 g/mol. The van der Waals surface area contributed by atoms with E-state index in [1.54, 1.807) is 11.1 Å². The summed E-state index contributed by atoms with van der Waals surface area (Å²) in [6, 6.07) is 90.1. The van der Waals surface area contributed by atoms with Gasteiger partial charge < -0.3 is 9.13 Å². The molecular formula is C92H90N2. The molecule has 2 aliphatic carbocycles. The van der Waals surface area contributed by atoms with Crippen LogP contribution in [0.2, 0.25) is 0 Å². The van der Waals surface area contributed by atoms with Crippen molar-refractivity contribution in [1.29, 1.82) is 0 Å². The number of hydrogen-bond acceptors (Lipinski definition) is 0. The van der Waals surface area contributed by atoms with E-state index in [0.29, 0.717) is 0 Å². The van der Waals surface area contributed by atoms with Crippen LogP contribution in [0.25, 0.3) is 106 Å². The molecule has 2 aromatic heterocycles. The molecule has 2 heteroatoms. The van der Waals surface area contributed by atoms with E-state index in [2.05, 4.69) is 295 Å². The zero-order chi connectivity index (χ0) is 64.3. The average molecular weight is 1220 g/mol. The molecule has 13 aromatic rings. The highest BCUT2D eigenvalue weighted by Crippen LogP contribution is 2.62. The molecule has 0 aliphatic heterocycles. The van der Waals surface area contributed by atoms with Crippen molar-refractivity contribution < 1.29 is 0 Å². The number of hydrogen-bond donors (Lipinski definition) is 0. The molecule has 1 atom stereocenters. The van der Waals surface area contributed by atoms with Crippen molar-refractivity contribution in [2.45, 2.75) is 155 Å². The predicted octanol–water partition coefficient (Wildman–Crippen LogP) is 25.9. The van der Waals surface area contributed by atoms with Crippen molar-refractivity contribution in [1.82, 2.24) is 9.13 Å². The Morgan fingerprint density at radius 1 is 0.362 bits per heavy atom. The largest absolute Gasteiger partial charge is 0.309 e. The van der Waals surface area contributed by atoms with E-state index in [0.717, 1.165) is 11.3 Å². The van der Waals surface area contributed by atoms with Crippen molar-refractivity contribution in [3.63, 3.8) is 0 Å². The molecule has 0 amide bonds. The smallest absolute Gasteiger partial charge is 0.0713 e. The van der Waals surface area contributed by atoms with Gasteiger partial charge in [0.25, 0.3) is 0 Å². The maximum atomic E-state index is 4.03. The third kappa shape index (κ3) is 10.4. The van der Waals surface area contributed by atoms with Crippen molar-refractivity contribution in [2.24, 2.45) is 0 Å². The number of benzene rings is 11. The van der Waals surface area contributed by atoms with Crippen LogP contribution < -0.4 is 0 Å². The van der Waals surface area contributed by atoms with Crippen molar-refractivity contribution in [3.8, 4) is 55.9 Å². The molecule has 0 saturated heterocycles. The summed E-state index contributed by atoms with van der Waals surface area (Å²) < 4.78 is 4.88. The van der Waals surface area contributed by atoms with Crippen molar-refractivity contribution >= 4 is 49.7 Å². The number of aryl methyl sites for hydroxylation is 2. The maximum Gasteiger partial charge on any atom is 0.0713 e. The summed E-state index contributed by atoms with van der Waals surface area (Å²) in [5, 5.41) is 5.08. The third-order valence-electron chi connectivity index (χ3n) is 21.9. The van der Waals surface area contributed by atoms with Gasteiger partial charge in [0.2, 0.25) is 0 Å². The van der Waals surface area contributed by atoms with Gasteiger partial charge in [0.1, 0.15) is 0 Å². The van der Waals surface area contributed by atoms with Gasteiger partial charge in [-0.2, -0.15) is 0 Å². The number of aromatic nitrogens is 2. The van der Waals surface area contributed by atoms with Crippen molar-refractivity contribution in [3.05, 3.63) is 293 Å². The Kier molecular flexibility index (Phi) is 16.2. The lowest BCUT2D eigenvalue weighted by Crippen LogP contribution is -2.29. The van der Waals surface area contributed by atoms with Crippen LogP contribution in [0.1, 0.15) is 180 Å². The Bertz CT molecular complexity index is 4960. The lowest BCUT2D eigenvalue weighted by molar-refractivity contribution is 0.398. The SMILES string of the molecule is C=Cc1ccc(-n2c3ccc(C)cc3c3cc(-c4ccc(C5(c6ccc(-c7ccc8c(c7)c7cc(C)ccc7n8-c7ccc(C(C)(C)C)cc7)cc6)c6ccccc6-c6cc7c(cc65)-c5ccccc5C7(CCCCCCCC)CCCCCCCC)cc4)ccc32)cc1. The van der Waals surface area contributed by atoms with E-state index < -0.39 is 5.41 Å². The highest BCUT2D eigenvalue weighted by atomic mass is 15.0. The van der Waals surface area contributed by atoms with Gasteiger partial charge in [-0.3, -0.25) is 0 Å². The molecule has 0 fully saturated rings. The molecular weight excluding hydrogens is 1130 g/mol. The molecule has 15 rings (SSSR count). The van der Waals surface area contributed by atoms with Crippen LogP contribution in [-0.2, 0) is 16.2 Å². The summed E-state index contributed by atoms with van der Waals surface area (Å²) in [7, 11) is 0. The van der Waals surface area contributed by atoms with Crippen LogP contribution in [0.15, 0.2) is 237 Å². The quantitative estimate of drug-likeness (QED) is 0.0635. The highest BCUT2D eigenvalue weighted by molar-refractivity contribution is 6.12. The summed E-state index contributed by atoms with van der Waals surface area (Å²) in [6.07, 6.45) is 19.9. The zero-order valence-electron chi connectivity index (χ0n) is 56.5. The summed E-state index contributed by atoms with van der Waals surface area (Å²) in [5.74, 6) is 0. The van der Waals surface area contributed by atoms with Crippen LogP contribution in [0.3, 0.4) is 0 Å². The predicted molar refractivity (Wildman–Crippen MR) is 404 cm³/mol. The van der Waals surface area contributed by atoms with E-state index in [9.17, 15) is 0 Å². The fraction of sp³-hybridized carbons (Fsp3) is 0.261. The molecule has 468 valence electrons. The van der Waals surface area contributed by atoms with Gasteiger partial charge in [-0.25, -0.2) is 0 Å². The Labute approximate surface area is 558 Å². The third-order valence-corrected chi connectivity index (χ3v) is 21.9. The van der Waals surface area contributed by atoms with Crippen LogP contribution in [-0.4, -0.2) is 9.13 Å². The molecule has 11 aromatic carbocycles. The Morgan fingerprint density at radius 3 is 1.26 bits per heavy atom. The minimum absolute atomic E-state index is 0.0365. The van der Waals surface area contributed by atoms with Gasteiger partial charge >= 0.3 is 0 Å². The Morgan fingerprint density at radius 2 is 0.766 bits per heavy atom. The van der Waals surface area contributed by atoms with Gasteiger partial charge in [-0.05, 0) is 206 Å². The summed E-state index contributed by atoms with van der Waals surface area (Å²) in [4.78, 5) is 0. The molecule has 0 radical (unpaired) electrons. The summed E-state index contributed by atoms with van der Waals surface area (Å²) in [6.45, 7) is 20.0. The molecule has 0 bridgehead atoms. The van der Waals surface area contributed by atoms with E-state index in [-0.39, 0.29) is 10.8 Å². The van der Waals surface area contributed by atoms with Gasteiger partial charge in [0, 0.05) is 38.3 Å². The fourth-order valence-electron chi connectivity index (χ4n) is 17.0. The molecule has 94 heavy (non-hydrogen) atoms. The maximum absolute atomic E-state index is 4.03. The van der Waals surface area contributed by atoms with Crippen LogP contribution in [0.4, 0.5) is 0 Å². The first-order chi connectivity index (χ1) is 45.9. The number of rotatable bonds is 21. The highest BCUT2D eigenvalue weighted by Gasteiger charge is 2.50. The van der Waals surface area contributed by atoms with Crippen LogP contribution >= 0.6 is 0 Å². The second-order valence-electron chi connectivity index (χ2n) is 28.8. The van der Waals surface area contributed by atoms with Gasteiger partial charge in [0.05, 0.1) is 27.5 Å². The topological polar surface area (TPSA) is 9.86 Å².